The largest absolute Gasteiger partial charge is 0.347 e. The second-order valence-corrected chi connectivity index (χ2v) is 7.04. The van der Waals surface area contributed by atoms with Gasteiger partial charge in [-0.3, -0.25) is 9.89 Å². The summed E-state index contributed by atoms with van der Waals surface area (Å²) >= 11 is 0. The van der Waals surface area contributed by atoms with Gasteiger partial charge in [-0.1, -0.05) is 42.5 Å². The number of carbonyl (C=O) groups excluding carboxylic acids is 1. The van der Waals surface area contributed by atoms with E-state index in [1.165, 1.54) is 0 Å². The Morgan fingerprint density at radius 1 is 1.08 bits per heavy atom. The predicted molar refractivity (Wildman–Crippen MR) is 90.5 cm³/mol. The summed E-state index contributed by atoms with van der Waals surface area (Å²) < 4.78 is 22.1. The molecule has 0 radical (unpaired) electrons. The predicted octanol–water partition coefficient (Wildman–Crippen LogP) is 1.28. The summed E-state index contributed by atoms with van der Waals surface area (Å²) in [4.78, 5) is 12.3. The zero-order valence-electron chi connectivity index (χ0n) is 12.7. The molecule has 0 saturated heterocycles. The number of aromatic nitrogens is 2. The molecule has 1 aromatic heterocycles. The molecular formula is C16H16N4O3S. The van der Waals surface area contributed by atoms with Crippen LogP contribution in [0.3, 0.4) is 0 Å². The molecule has 1 amide bonds. The van der Waals surface area contributed by atoms with Gasteiger partial charge < -0.3 is 5.32 Å². The average molecular weight is 344 g/mol. The fourth-order valence-electron chi connectivity index (χ4n) is 2.39. The van der Waals surface area contributed by atoms with Crippen LogP contribution in [-0.2, 0) is 22.3 Å². The van der Waals surface area contributed by atoms with Crippen LogP contribution in [-0.4, -0.2) is 24.5 Å². The molecule has 0 spiro atoms. The molecule has 1 heterocycles. The molecule has 8 heteroatoms. The first kappa shape index (κ1) is 16.2. The highest BCUT2D eigenvalue weighted by Gasteiger charge is 2.13. The number of aromatic amines is 1. The Morgan fingerprint density at radius 3 is 2.46 bits per heavy atom. The summed E-state index contributed by atoms with van der Waals surface area (Å²) in [5.74, 6) is -0.486. The van der Waals surface area contributed by atoms with Crippen molar-refractivity contribution in [3.63, 3.8) is 0 Å². The molecule has 0 aliphatic heterocycles. The number of nitrogens with one attached hydrogen (secondary N) is 2. The summed E-state index contributed by atoms with van der Waals surface area (Å²) in [5.41, 5.74) is 2.60. The molecule has 0 saturated carbocycles. The summed E-state index contributed by atoms with van der Waals surface area (Å²) in [6, 6.07) is 14.3. The Labute approximate surface area is 138 Å². The number of sulfonamides is 1. The maximum Gasteiger partial charge on any atom is 0.272 e. The number of hydrogen-bond acceptors (Lipinski definition) is 4. The first-order valence-electron chi connectivity index (χ1n) is 7.22. The number of carbonyl (C=O) groups is 1. The molecule has 0 fully saturated rings. The number of nitrogens with two attached hydrogens (primary N) is 1. The molecule has 4 N–H and O–H groups in total. The molecule has 3 aromatic rings. The maximum atomic E-state index is 12.3. The Bertz CT molecular complexity index is 978. The highest BCUT2D eigenvalue weighted by molar-refractivity contribution is 7.88. The van der Waals surface area contributed by atoms with Gasteiger partial charge in [-0.15, -0.1) is 0 Å². The number of hydrogen-bond donors (Lipinski definition) is 3. The van der Waals surface area contributed by atoms with Crippen LogP contribution in [0.1, 0.15) is 21.6 Å². The topological polar surface area (TPSA) is 118 Å². The van der Waals surface area contributed by atoms with E-state index in [2.05, 4.69) is 15.5 Å². The molecule has 2 aromatic carbocycles. The fourth-order valence-corrected chi connectivity index (χ4v) is 3.05. The van der Waals surface area contributed by atoms with Crippen LogP contribution in [0.2, 0.25) is 0 Å². The van der Waals surface area contributed by atoms with Gasteiger partial charge in [-0.05, 0) is 17.2 Å². The van der Waals surface area contributed by atoms with Crippen LogP contribution >= 0.6 is 0 Å². The Kier molecular flexibility index (Phi) is 4.32. The molecule has 0 bridgehead atoms. The Hall–Kier alpha value is -2.71. The standard InChI is InChI=1S/C16H16N4O3S/c17-24(22,23)10-12-7-5-11(6-8-12)9-18-16(21)15-13-3-1-2-4-14(13)19-20-15/h1-8H,9-10H2,(H,18,21)(H,19,20)(H2,17,22,23). The van der Waals surface area contributed by atoms with Gasteiger partial charge in [0.25, 0.3) is 5.91 Å². The minimum Gasteiger partial charge on any atom is -0.347 e. The maximum absolute atomic E-state index is 12.3. The molecule has 0 unspecified atom stereocenters. The van der Waals surface area contributed by atoms with Crippen LogP contribution < -0.4 is 10.5 Å². The van der Waals surface area contributed by atoms with Gasteiger partial charge >= 0.3 is 0 Å². The molecular weight excluding hydrogens is 328 g/mol. The smallest absolute Gasteiger partial charge is 0.272 e. The molecule has 0 aliphatic rings. The lowest BCUT2D eigenvalue weighted by molar-refractivity contribution is 0.0947. The first-order chi connectivity index (χ1) is 11.4. The molecule has 0 atom stereocenters. The number of para-hydroxylation sites is 1. The Balaban J connectivity index is 1.66. The molecule has 24 heavy (non-hydrogen) atoms. The van der Waals surface area contributed by atoms with Gasteiger partial charge in [0.2, 0.25) is 10.0 Å². The van der Waals surface area contributed by atoms with E-state index in [1.54, 1.807) is 24.3 Å². The number of fused-ring (bicyclic) bond motifs is 1. The average Bonchev–Trinajstić information content (AvgIpc) is 2.96. The van der Waals surface area contributed by atoms with Crippen molar-refractivity contribution in [3.8, 4) is 0 Å². The lowest BCUT2D eigenvalue weighted by Crippen LogP contribution is -2.23. The lowest BCUT2D eigenvalue weighted by atomic mass is 10.1. The van der Waals surface area contributed by atoms with Crippen molar-refractivity contribution in [1.82, 2.24) is 15.5 Å². The summed E-state index contributed by atoms with van der Waals surface area (Å²) in [6.07, 6.45) is 0. The van der Waals surface area contributed by atoms with Crippen molar-refractivity contribution in [3.05, 3.63) is 65.4 Å². The van der Waals surface area contributed by atoms with Crippen molar-refractivity contribution in [2.75, 3.05) is 0 Å². The molecule has 0 aliphatic carbocycles. The molecule has 7 nitrogen and oxygen atoms in total. The van der Waals surface area contributed by atoms with E-state index >= 15 is 0 Å². The minimum absolute atomic E-state index is 0.209. The summed E-state index contributed by atoms with van der Waals surface area (Å²) in [6.45, 7) is 0.315. The summed E-state index contributed by atoms with van der Waals surface area (Å²) in [7, 11) is -3.55. The second kappa shape index (κ2) is 6.42. The van der Waals surface area contributed by atoms with Gasteiger partial charge in [0.15, 0.2) is 5.69 Å². The minimum atomic E-state index is -3.55. The third-order valence-electron chi connectivity index (χ3n) is 3.53. The van der Waals surface area contributed by atoms with Gasteiger partial charge in [0, 0.05) is 11.9 Å². The van der Waals surface area contributed by atoms with Crippen molar-refractivity contribution >= 4 is 26.8 Å². The van der Waals surface area contributed by atoms with Crippen LogP contribution in [0.4, 0.5) is 0 Å². The van der Waals surface area contributed by atoms with E-state index in [1.807, 2.05) is 24.3 Å². The normalized spacial score (nSPS) is 11.5. The number of primary sulfonamides is 1. The zero-order chi connectivity index (χ0) is 17.2. The number of nitrogens with zero attached hydrogens (tertiary/aromatic N) is 1. The zero-order valence-corrected chi connectivity index (χ0v) is 13.5. The Morgan fingerprint density at radius 2 is 1.75 bits per heavy atom. The fraction of sp³-hybridized carbons (Fsp3) is 0.125. The number of amides is 1. The van der Waals surface area contributed by atoms with Crippen LogP contribution in [0.25, 0.3) is 10.9 Å². The van der Waals surface area contributed by atoms with Crippen LogP contribution in [0.5, 0.6) is 0 Å². The number of benzene rings is 2. The van der Waals surface area contributed by atoms with Crippen LogP contribution in [0, 0.1) is 0 Å². The van der Waals surface area contributed by atoms with Crippen LogP contribution in [0.15, 0.2) is 48.5 Å². The lowest BCUT2D eigenvalue weighted by Gasteiger charge is -2.05. The second-order valence-electron chi connectivity index (χ2n) is 5.42. The number of rotatable bonds is 5. The quantitative estimate of drug-likeness (QED) is 0.646. The van der Waals surface area contributed by atoms with Crippen molar-refractivity contribution in [1.29, 1.82) is 0 Å². The van der Waals surface area contributed by atoms with Gasteiger partial charge in [0.1, 0.15) is 0 Å². The van der Waals surface area contributed by atoms with E-state index in [4.69, 9.17) is 5.14 Å². The van der Waals surface area contributed by atoms with Gasteiger partial charge in [-0.25, -0.2) is 13.6 Å². The van der Waals surface area contributed by atoms with E-state index in [-0.39, 0.29) is 11.7 Å². The highest BCUT2D eigenvalue weighted by Crippen LogP contribution is 2.15. The van der Waals surface area contributed by atoms with E-state index < -0.39 is 10.0 Å². The number of H-pyrrole nitrogens is 1. The van der Waals surface area contributed by atoms with Gasteiger partial charge in [-0.2, -0.15) is 5.10 Å². The first-order valence-corrected chi connectivity index (χ1v) is 8.93. The van der Waals surface area contributed by atoms with Gasteiger partial charge in [0.05, 0.1) is 11.3 Å². The third kappa shape index (κ3) is 3.79. The highest BCUT2D eigenvalue weighted by atomic mass is 32.2. The van der Waals surface area contributed by atoms with E-state index in [0.717, 1.165) is 16.5 Å². The molecule has 3 rings (SSSR count). The molecule has 124 valence electrons. The van der Waals surface area contributed by atoms with E-state index in [0.29, 0.717) is 17.8 Å². The SMILES string of the molecule is NS(=O)(=O)Cc1ccc(CNC(=O)c2n[nH]c3ccccc23)cc1. The van der Waals surface area contributed by atoms with E-state index in [9.17, 15) is 13.2 Å². The van der Waals surface area contributed by atoms with Crippen molar-refractivity contribution in [2.24, 2.45) is 5.14 Å². The van der Waals surface area contributed by atoms with Crippen molar-refractivity contribution < 1.29 is 13.2 Å². The monoisotopic (exact) mass is 344 g/mol. The summed E-state index contributed by atoms with van der Waals surface area (Å²) in [5, 5.41) is 15.4. The third-order valence-corrected chi connectivity index (χ3v) is 4.27. The van der Waals surface area contributed by atoms with Crippen molar-refractivity contribution in [2.45, 2.75) is 12.3 Å².